The van der Waals surface area contributed by atoms with Crippen LogP contribution in [0.25, 0.3) is 11.4 Å². The van der Waals surface area contributed by atoms with Gasteiger partial charge in [-0.2, -0.15) is 0 Å². The number of rotatable bonds is 3. The first-order valence-electron chi connectivity index (χ1n) is 6.86. The highest BCUT2D eigenvalue weighted by Gasteiger charge is 2.22. The van der Waals surface area contributed by atoms with Crippen molar-refractivity contribution < 1.29 is 0 Å². The van der Waals surface area contributed by atoms with Crippen molar-refractivity contribution in [2.45, 2.75) is 38.0 Å². The lowest BCUT2D eigenvalue weighted by Crippen LogP contribution is -2.22. The monoisotopic (exact) mass is 366 g/mol. The van der Waals surface area contributed by atoms with Crippen LogP contribution in [0.1, 0.15) is 33.4 Å². The van der Waals surface area contributed by atoms with Crippen LogP contribution in [0.5, 0.6) is 0 Å². The van der Waals surface area contributed by atoms with E-state index in [0.717, 1.165) is 17.0 Å². The van der Waals surface area contributed by atoms with Crippen molar-refractivity contribution in [2.24, 2.45) is 0 Å². The average Bonchev–Trinajstić information content (AvgIpc) is 2.41. The van der Waals surface area contributed by atoms with Crippen LogP contribution in [0.4, 0.5) is 0 Å². The first-order chi connectivity index (χ1) is 9.82. The summed E-state index contributed by atoms with van der Waals surface area (Å²) in [5, 5.41) is 0. The molecule has 1 aromatic carbocycles. The third-order valence-electron chi connectivity index (χ3n) is 3.01. The SMILES string of the molecule is CCSc1ccc(-c2nc(C(C)(C)C)c(Br)c(=O)[nH]2)cc1. The summed E-state index contributed by atoms with van der Waals surface area (Å²) in [5.41, 5.74) is 1.36. The number of halogens is 1. The summed E-state index contributed by atoms with van der Waals surface area (Å²) >= 11 is 5.14. The Balaban J connectivity index is 2.49. The number of hydrogen-bond donors (Lipinski definition) is 1. The zero-order valence-corrected chi connectivity index (χ0v) is 15.1. The summed E-state index contributed by atoms with van der Waals surface area (Å²) in [6, 6.07) is 8.11. The van der Waals surface area contributed by atoms with Gasteiger partial charge in [0, 0.05) is 15.9 Å². The maximum absolute atomic E-state index is 12.1. The maximum atomic E-state index is 12.1. The molecule has 0 spiro atoms. The number of nitrogens with zero attached hydrogens (tertiary/aromatic N) is 1. The molecule has 1 N–H and O–H groups in total. The Bertz CT molecular complexity index is 687. The van der Waals surface area contributed by atoms with Gasteiger partial charge in [-0.25, -0.2) is 4.98 Å². The molecule has 5 heteroatoms. The summed E-state index contributed by atoms with van der Waals surface area (Å²) in [7, 11) is 0. The minimum absolute atomic E-state index is 0.142. The molecule has 112 valence electrons. The fourth-order valence-electron chi connectivity index (χ4n) is 1.97. The second kappa shape index (κ2) is 6.36. The first kappa shape index (κ1) is 16.3. The van der Waals surface area contributed by atoms with Crippen LogP contribution < -0.4 is 5.56 Å². The molecule has 0 fully saturated rings. The van der Waals surface area contributed by atoms with E-state index in [1.54, 1.807) is 11.8 Å². The fourth-order valence-corrected chi connectivity index (χ4v) is 3.41. The van der Waals surface area contributed by atoms with Crippen LogP contribution in [0, 0.1) is 0 Å². The van der Waals surface area contributed by atoms with Gasteiger partial charge in [0.15, 0.2) is 0 Å². The predicted molar refractivity (Wildman–Crippen MR) is 93.1 cm³/mol. The molecule has 0 atom stereocenters. The van der Waals surface area contributed by atoms with Gasteiger partial charge in [0.2, 0.25) is 0 Å². The Morgan fingerprint density at radius 2 is 1.86 bits per heavy atom. The van der Waals surface area contributed by atoms with Crippen molar-refractivity contribution in [3.05, 3.63) is 44.8 Å². The van der Waals surface area contributed by atoms with Crippen LogP contribution in [-0.4, -0.2) is 15.7 Å². The molecule has 3 nitrogen and oxygen atoms in total. The van der Waals surface area contributed by atoms with E-state index in [4.69, 9.17) is 0 Å². The molecule has 0 saturated carbocycles. The highest BCUT2D eigenvalue weighted by Crippen LogP contribution is 2.28. The number of thioether (sulfide) groups is 1. The molecule has 0 bridgehead atoms. The van der Waals surface area contributed by atoms with Gasteiger partial charge >= 0.3 is 0 Å². The topological polar surface area (TPSA) is 45.8 Å². The normalized spacial score (nSPS) is 11.7. The van der Waals surface area contributed by atoms with Crippen LogP contribution in [0.2, 0.25) is 0 Å². The van der Waals surface area contributed by atoms with Gasteiger partial charge in [0.25, 0.3) is 5.56 Å². The molecule has 0 saturated heterocycles. The maximum Gasteiger partial charge on any atom is 0.265 e. The van der Waals surface area contributed by atoms with Gasteiger partial charge in [-0.15, -0.1) is 11.8 Å². The molecular formula is C16H19BrN2OS. The number of aromatic nitrogens is 2. The van der Waals surface area contributed by atoms with E-state index in [1.165, 1.54) is 4.90 Å². The Morgan fingerprint density at radius 1 is 1.24 bits per heavy atom. The molecule has 0 aliphatic heterocycles. The fraction of sp³-hybridized carbons (Fsp3) is 0.375. The minimum Gasteiger partial charge on any atom is -0.306 e. The van der Waals surface area contributed by atoms with Gasteiger partial charge in [0.1, 0.15) is 10.3 Å². The molecular weight excluding hydrogens is 348 g/mol. The molecule has 1 heterocycles. The lowest BCUT2D eigenvalue weighted by molar-refractivity contribution is 0.562. The second-order valence-electron chi connectivity index (χ2n) is 5.78. The molecule has 0 aliphatic rings. The Kier molecular flexibility index (Phi) is 4.94. The van der Waals surface area contributed by atoms with E-state index in [9.17, 15) is 4.79 Å². The zero-order chi connectivity index (χ0) is 15.6. The number of nitrogens with one attached hydrogen (secondary N) is 1. The van der Waals surface area contributed by atoms with Crippen molar-refractivity contribution >= 4 is 27.7 Å². The summed E-state index contributed by atoms with van der Waals surface area (Å²) in [5.74, 6) is 1.65. The largest absolute Gasteiger partial charge is 0.306 e. The van der Waals surface area contributed by atoms with E-state index in [2.05, 4.69) is 45.0 Å². The van der Waals surface area contributed by atoms with Crippen molar-refractivity contribution in [3.8, 4) is 11.4 Å². The predicted octanol–water partition coefficient (Wildman–Crippen LogP) is 4.61. The second-order valence-corrected chi connectivity index (χ2v) is 7.91. The molecule has 2 aromatic rings. The third kappa shape index (κ3) is 3.77. The van der Waals surface area contributed by atoms with E-state index in [-0.39, 0.29) is 11.0 Å². The highest BCUT2D eigenvalue weighted by atomic mass is 79.9. The van der Waals surface area contributed by atoms with E-state index in [0.29, 0.717) is 10.3 Å². The van der Waals surface area contributed by atoms with Gasteiger partial charge in [-0.1, -0.05) is 39.8 Å². The van der Waals surface area contributed by atoms with Crippen LogP contribution >= 0.6 is 27.7 Å². The van der Waals surface area contributed by atoms with E-state index < -0.39 is 0 Å². The summed E-state index contributed by atoms with van der Waals surface area (Å²) in [6.45, 7) is 8.26. The van der Waals surface area contributed by atoms with Crippen LogP contribution in [-0.2, 0) is 5.41 Å². The summed E-state index contributed by atoms with van der Waals surface area (Å²) in [4.78, 5) is 20.8. The molecule has 0 aliphatic carbocycles. The van der Waals surface area contributed by atoms with Crippen molar-refractivity contribution in [1.29, 1.82) is 0 Å². The quantitative estimate of drug-likeness (QED) is 0.806. The van der Waals surface area contributed by atoms with E-state index in [1.807, 2.05) is 32.9 Å². The first-order valence-corrected chi connectivity index (χ1v) is 8.64. The smallest absolute Gasteiger partial charge is 0.265 e. The number of benzene rings is 1. The van der Waals surface area contributed by atoms with E-state index >= 15 is 0 Å². The highest BCUT2D eigenvalue weighted by molar-refractivity contribution is 9.10. The Morgan fingerprint density at radius 3 is 2.38 bits per heavy atom. The molecule has 1 aromatic heterocycles. The van der Waals surface area contributed by atoms with Crippen molar-refractivity contribution in [2.75, 3.05) is 5.75 Å². The average molecular weight is 367 g/mol. The molecule has 0 radical (unpaired) electrons. The Labute approximate surface area is 137 Å². The van der Waals surface area contributed by atoms with Gasteiger partial charge in [-0.3, -0.25) is 4.79 Å². The lowest BCUT2D eigenvalue weighted by Gasteiger charge is -2.19. The van der Waals surface area contributed by atoms with Crippen LogP contribution in [0.3, 0.4) is 0 Å². The number of aromatic amines is 1. The lowest BCUT2D eigenvalue weighted by atomic mass is 9.92. The molecule has 0 amide bonds. The van der Waals surface area contributed by atoms with Gasteiger partial charge in [0.05, 0.1) is 5.69 Å². The third-order valence-corrected chi connectivity index (χ3v) is 4.64. The summed E-state index contributed by atoms with van der Waals surface area (Å²) < 4.78 is 0.511. The van der Waals surface area contributed by atoms with Crippen LogP contribution in [0.15, 0.2) is 38.4 Å². The minimum atomic E-state index is -0.195. The standard InChI is InChI=1S/C16H19BrN2OS/c1-5-21-11-8-6-10(7-9-11)14-18-13(16(2,3)4)12(17)15(20)19-14/h6-9H,5H2,1-4H3,(H,18,19,20). The number of H-pyrrole nitrogens is 1. The van der Waals surface area contributed by atoms with Crippen molar-refractivity contribution in [1.82, 2.24) is 9.97 Å². The molecule has 21 heavy (non-hydrogen) atoms. The Hall–Kier alpha value is -1.07. The zero-order valence-electron chi connectivity index (χ0n) is 12.7. The van der Waals surface area contributed by atoms with Crippen molar-refractivity contribution in [3.63, 3.8) is 0 Å². The summed E-state index contributed by atoms with van der Waals surface area (Å²) in [6.07, 6.45) is 0. The molecule has 2 rings (SSSR count). The van der Waals surface area contributed by atoms with Gasteiger partial charge in [-0.05, 0) is 33.8 Å². The molecule has 0 unspecified atom stereocenters. The van der Waals surface area contributed by atoms with Gasteiger partial charge < -0.3 is 4.98 Å². The number of hydrogen-bond acceptors (Lipinski definition) is 3.